The van der Waals surface area contributed by atoms with E-state index < -0.39 is 40.3 Å². The van der Waals surface area contributed by atoms with Crippen molar-refractivity contribution >= 4 is 0 Å². The first-order valence-electron chi connectivity index (χ1n) is 9.88. The van der Waals surface area contributed by atoms with Crippen molar-refractivity contribution in [1.29, 1.82) is 0 Å². The van der Waals surface area contributed by atoms with E-state index >= 15 is 0 Å². The Labute approximate surface area is 150 Å². The molecule has 0 aromatic carbocycles. The Hall–Kier alpha value is -0.200. The van der Waals surface area contributed by atoms with Gasteiger partial charge in [-0.25, -0.2) is 0 Å². The molecule has 4 fully saturated rings. The molecule has 5 N–H and O–H groups in total. The van der Waals surface area contributed by atoms with Crippen LogP contribution in [0.25, 0.3) is 0 Å². The van der Waals surface area contributed by atoms with Gasteiger partial charge in [-0.05, 0) is 56.8 Å². The third-order valence-electron chi connectivity index (χ3n) is 9.24. The number of rotatable bonds is 0. The van der Waals surface area contributed by atoms with Gasteiger partial charge in [0.25, 0.3) is 0 Å². The average molecular weight is 354 g/mol. The highest BCUT2D eigenvalue weighted by Crippen LogP contribution is 2.68. The minimum Gasteiger partial charge on any atom is -0.392 e. The zero-order chi connectivity index (χ0) is 18.6. The van der Waals surface area contributed by atoms with Gasteiger partial charge in [-0.3, -0.25) is 0 Å². The zero-order valence-electron chi connectivity index (χ0n) is 15.8. The molecule has 10 atom stereocenters. The van der Waals surface area contributed by atoms with Crippen molar-refractivity contribution in [2.24, 2.45) is 34.5 Å². The van der Waals surface area contributed by atoms with Crippen LogP contribution in [0.2, 0.25) is 0 Å². The molecule has 1 spiro atoms. The summed E-state index contributed by atoms with van der Waals surface area (Å²) in [5.41, 5.74) is -3.65. The van der Waals surface area contributed by atoms with E-state index in [9.17, 15) is 25.5 Å². The maximum absolute atomic E-state index is 11.7. The summed E-state index contributed by atoms with van der Waals surface area (Å²) in [4.78, 5) is 0. The van der Waals surface area contributed by atoms with Crippen molar-refractivity contribution in [2.45, 2.75) is 89.3 Å². The predicted octanol–water partition coefficient (Wildman–Crippen LogP) is 1.05. The van der Waals surface area contributed by atoms with E-state index in [0.29, 0.717) is 19.3 Å². The van der Waals surface area contributed by atoms with Crippen molar-refractivity contribution in [2.75, 3.05) is 0 Å². The Morgan fingerprint density at radius 2 is 1.44 bits per heavy atom. The van der Waals surface area contributed by atoms with Crippen LogP contribution in [-0.2, 0) is 0 Å². The van der Waals surface area contributed by atoms with Crippen LogP contribution in [0.5, 0.6) is 0 Å². The Balaban J connectivity index is 1.83. The molecule has 0 saturated heterocycles. The second kappa shape index (κ2) is 4.99. The summed E-state index contributed by atoms with van der Waals surface area (Å²) >= 11 is 0. The normalized spacial score (nSPS) is 63.0. The lowest BCUT2D eigenvalue weighted by atomic mass is 9.59. The predicted molar refractivity (Wildman–Crippen MR) is 92.5 cm³/mol. The molecule has 0 aliphatic heterocycles. The second-order valence-electron chi connectivity index (χ2n) is 10.5. The first-order valence-corrected chi connectivity index (χ1v) is 9.88. The largest absolute Gasteiger partial charge is 0.392 e. The maximum Gasteiger partial charge on any atom is 0.101 e. The fourth-order valence-corrected chi connectivity index (χ4v) is 7.79. The van der Waals surface area contributed by atoms with E-state index in [1.165, 1.54) is 0 Å². The van der Waals surface area contributed by atoms with Gasteiger partial charge in [0.05, 0.1) is 23.9 Å². The number of hydrogen-bond acceptors (Lipinski definition) is 5. The van der Waals surface area contributed by atoms with Gasteiger partial charge in [0.1, 0.15) is 5.60 Å². The number of fused-ring (bicyclic) bond motifs is 2. The molecule has 25 heavy (non-hydrogen) atoms. The molecule has 4 saturated carbocycles. The molecule has 0 unspecified atom stereocenters. The van der Waals surface area contributed by atoms with Crippen LogP contribution in [0.1, 0.15) is 59.8 Å². The van der Waals surface area contributed by atoms with Crippen molar-refractivity contribution in [3.63, 3.8) is 0 Å². The van der Waals surface area contributed by atoms with E-state index in [0.717, 1.165) is 12.8 Å². The molecule has 4 rings (SSSR count). The summed E-state index contributed by atoms with van der Waals surface area (Å²) in [6.45, 7) is 7.59. The summed E-state index contributed by atoms with van der Waals surface area (Å²) in [5, 5.41) is 55.4. The average Bonchev–Trinajstić information content (AvgIpc) is 2.71. The minimum absolute atomic E-state index is 0.0723. The zero-order valence-corrected chi connectivity index (χ0v) is 15.8. The third kappa shape index (κ3) is 1.92. The van der Waals surface area contributed by atoms with Gasteiger partial charge in [0.15, 0.2) is 0 Å². The quantitative estimate of drug-likeness (QED) is 0.448. The summed E-state index contributed by atoms with van der Waals surface area (Å²) in [7, 11) is 0. The number of aliphatic hydroxyl groups excluding tert-OH is 3. The van der Waals surface area contributed by atoms with Crippen LogP contribution < -0.4 is 0 Å². The minimum atomic E-state index is -1.37. The first-order chi connectivity index (χ1) is 11.4. The van der Waals surface area contributed by atoms with Gasteiger partial charge in [0.2, 0.25) is 0 Å². The lowest BCUT2D eigenvalue weighted by Gasteiger charge is -2.47. The van der Waals surface area contributed by atoms with Crippen molar-refractivity contribution in [1.82, 2.24) is 0 Å². The molecule has 0 amide bonds. The molecule has 0 aromatic rings. The second-order valence-corrected chi connectivity index (χ2v) is 10.5. The number of aliphatic hydroxyl groups is 5. The third-order valence-corrected chi connectivity index (χ3v) is 9.24. The van der Waals surface area contributed by atoms with Gasteiger partial charge in [0, 0.05) is 16.7 Å². The van der Waals surface area contributed by atoms with Crippen LogP contribution in [0.3, 0.4) is 0 Å². The molecule has 4 aliphatic carbocycles. The van der Waals surface area contributed by atoms with Gasteiger partial charge >= 0.3 is 0 Å². The Morgan fingerprint density at radius 3 is 2.08 bits per heavy atom. The fraction of sp³-hybridized carbons (Fsp3) is 1.00. The van der Waals surface area contributed by atoms with Crippen molar-refractivity contribution < 1.29 is 25.5 Å². The fourth-order valence-electron chi connectivity index (χ4n) is 7.79. The van der Waals surface area contributed by atoms with Gasteiger partial charge < -0.3 is 25.5 Å². The molecular weight excluding hydrogens is 320 g/mol. The van der Waals surface area contributed by atoms with Gasteiger partial charge in [-0.2, -0.15) is 0 Å². The van der Waals surface area contributed by atoms with Crippen LogP contribution in [0, 0.1) is 34.5 Å². The standard InChI is InChI=1S/C20H34O5/c1-10-11-5-6-12-16(23)19(11,9-18(12,4)24)8-15(22)20(25)13(10)7-14(21)17(20,2)3/h10-16,21-25H,5-9H2,1-4H3/t10-,11-,12+,13+,14-,15-,16-,18+,19-,20+/m0/s1. The smallest absolute Gasteiger partial charge is 0.101 e. The monoisotopic (exact) mass is 354 g/mol. The van der Waals surface area contributed by atoms with Gasteiger partial charge in [-0.15, -0.1) is 0 Å². The molecule has 0 aromatic heterocycles. The highest BCUT2D eigenvalue weighted by atomic mass is 16.4. The van der Waals surface area contributed by atoms with Crippen LogP contribution in [-0.4, -0.2) is 55.0 Å². The molecular formula is C20H34O5. The van der Waals surface area contributed by atoms with E-state index in [1.54, 1.807) is 0 Å². The summed E-state index contributed by atoms with van der Waals surface area (Å²) in [6, 6.07) is 0. The van der Waals surface area contributed by atoms with E-state index in [2.05, 4.69) is 6.92 Å². The summed E-state index contributed by atoms with van der Waals surface area (Å²) in [5.74, 6) is -0.147. The highest BCUT2D eigenvalue weighted by Gasteiger charge is 2.72. The molecule has 0 heterocycles. The summed E-state index contributed by atoms with van der Waals surface area (Å²) < 4.78 is 0. The SMILES string of the molecule is C[C@@H]1[C@H]2C[C@H](O)C(C)(C)[C@]2(O)[C@@H](O)C[C@]23C[C@@](C)(O)[C@H](CC[C@@H]12)[C@@H]3O. The van der Waals surface area contributed by atoms with E-state index in [4.69, 9.17) is 0 Å². The van der Waals surface area contributed by atoms with Crippen molar-refractivity contribution in [3.8, 4) is 0 Å². The topological polar surface area (TPSA) is 101 Å². The highest BCUT2D eigenvalue weighted by molar-refractivity contribution is 5.22. The maximum atomic E-state index is 11.7. The Bertz CT molecular complexity index is 574. The Morgan fingerprint density at radius 1 is 0.840 bits per heavy atom. The van der Waals surface area contributed by atoms with Crippen LogP contribution in [0.4, 0.5) is 0 Å². The molecule has 144 valence electrons. The molecule has 4 aliphatic rings. The van der Waals surface area contributed by atoms with Crippen LogP contribution in [0.15, 0.2) is 0 Å². The van der Waals surface area contributed by atoms with Crippen LogP contribution >= 0.6 is 0 Å². The summed E-state index contributed by atoms with van der Waals surface area (Å²) in [6.07, 6.45) is 0.606. The molecule has 0 radical (unpaired) electrons. The lowest BCUT2D eigenvalue weighted by Crippen LogP contribution is -2.57. The molecule has 5 heteroatoms. The van der Waals surface area contributed by atoms with Crippen molar-refractivity contribution in [3.05, 3.63) is 0 Å². The first kappa shape index (κ1) is 18.2. The number of hydrogen-bond donors (Lipinski definition) is 5. The van der Waals surface area contributed by atoms with E-state index in [1.807, 2.05) is 20.8 Å². The van der Waals surface area contributed by atoms with Gasteiger partial charge in [-0.1, -0.05) is 20.8 Å². The molecule has 2 bridgehead atoms. The van der Waals surface area contributed by atoms with E-state index in [-0.39, 0.29) is 23.7 Å². The lowest BCUT2D eigenvalue weighted by molar-refractivity contribution is -0.178. The molecule has 5 nitrogen and oxygen atoms in total. The Kier molecular flexibility index (Phi) is 3.63.